The van der Waals surface area contributed by atoms with Crippen molar-refractivity contribution in [3.63, 3.8) is 0 Å². The molecule has 15 heteroatoms. The van der Waals surface area contributed by atoms with Crippen LogP contribution in [0.1, 0.15) is 63.7 Å². The number of nitrogens with zero attached hydrogens (tertiary/aromatic N) is 3. The second-order valence-corrected chi connectivity index (χ2v) is 11.9. The summed E-state index contributed by atoms with van der Waals surface area (Å²) in [5.74, 6) is -5.98. The lowest BCUT2D eigenvalue weighted by molar-refractivity contribution is -0.150. The van der Waals surface area contributed by atoms with Gasteiger partial charge in [-0.05, 0) is 43.2 Å². The molecule has 15 nitrogen and oxygen atoms in total. The van der Waals surface area contributed by atoms with Gasteiger partial charge >= 0.3 is 5.97 Å². The van der Waals surface area contributed by atoms with Gasteiger partial charge in [-0.1, -0.05) is 27.7 Å². The molecule has 6 N–H and O–H groups in total. The number of aromatic nitrogens is 1. The molecule has 3 rings (SSSR count). The average molecular weight is 616 g/mol. The van der Waals surface area contributed by atoms with Crippen LogP contribution in [0.3, 0.4) is 0 Å². The highest BCUT2D eigenvalue weighted by atomic mass is 16.4. The Morgan fingerprint density at radius 1 is 0.977 bits per heavy atom. The van der Waals surface area contributed by atoms with Crippen LogP contribution >= 0.6 is 0 Å². The zero-order valence-corrected chi connectivity index (χ0v) is 25.4. The third-order valence-corrected chi connectivity index (χ3v) is 7.98. The molecule has 2 aliphatic heterocycles. The topological polar surface area (TPSA) is 221 Å². The summed E-state index contributed by atoms with van der Waals surface area (Å²) < 4.78 is 0. The first-order chi connectivity index (χ1) is 20.7. The van der Waals surface area contributed by atoms with Crippen molar-refractivity contribution in [2.45, 2.75) is 77.0 Å². The van der Waals surface area contributed by atoms with Crippen molar-refractivity contribution in [3.05, 3.63) is 30.1 Å². The van der Waals surface area contributed by atoms with E-state index in [0.29, 0.717) is 25.8 Å². The molecule has 1 spiro atoms. The summed E-state index contributed by atoms with van der Waals surface area (Å²) in [6.07, 6.45) is 3.30. The summed E-state index contributed by atoms with van der Waals surface area (Å²) >= 11 is 0. The van der Waals surface area contributed by atoms with Gasteiger partial charge in [-0.25, -0.2) is 0 Å². The van der Waals surface area contributed by atoms with Crippen LogP contribution in [0.4, 0.5) is 0 Å². The van der Waals surface area contributed by atoms with E-state index in [0.717, 1.165) is 0 Å². The number of likely N-dealkylation sites (tertiary alicyclic amines) is 2. The molecule has 0 radical (unpaired) electrons. The van der Waals surface area contributed by atoms with Gasteiger partial charge in [-0.2, -0.15) is 0 Å². The zero-order chi connectivity index (χ0) is 32.8. The van der Waals surface area contributed by atoms with Gasteiger partial charge in [0.05, 0.1) is 18.5 Å². The summed E-state index contributed by atoms with van der Waals surface area (Å²) in [6, 6.07) is -0.776. The Labute approximate surface area is 255 Å². The molecule has 44 heavy (non-hydrogen) atoms. The SMILES string of the molecule is CC(C)[C@H](NC(=O)[C@H](CC(=O)O)NC(=O)c1cccnc1)C(=O)N[C@H](C(=O)N1CCC[C@]12CCN(CC(N)=O)C2=O)C(C)C. The second-order valence-electron chi connectivity index (χ2n) is 11.9. The number of pyridine rings is 1. The van der Waals surface area contributed by atoms with E-state index in [4.69, 9.17) is 5.73 Å². The van der Waals surface area contributed by atoms with Gasteiger partial charge < -0.3 is 36.6 Å². The van der Waals surface area contributed by atoms with E-state index in [9.17, 15) is 38.7 Å². The lowest BCUT2D eigenvalue weighted by atomic mass is 9.92. The van der Waals surface area contributed by atoms with Crippen LogP contribution in [-0.2, 0) is 28.8 Å². The van der Waals surface area contributed by atoms with E-state index >= 15 is 0 Å². The van der Waals surface area contributed by atoms with E-state index in [1.54, 1.807) is 27.7 Å². The molecular weight excluding hydrogens is 574 g/mol. The standard InChI is InChI=1S/C29H41N7O8/c1-16(2)22(33-25(41)19(13-21(38)39)32-24(40)18-7-5-10-31-14-18)26(42)34-23(17(3)4)27(43)36-11-6-8-29(36)9-12-35(28(29)44)15-20(30)37/h5,7,10,14,16-17,19,22-23H,6,8-9,11-13,15H2,1-4H3,(H2,30,37)(H,32,40)(H,33,41)(H,34,42)(H,38,39)/t19-,22-,23-,29+/m0/s1. The summed E-state index contributed by atoms with van der Waals surface area (Å²) in [5.41, 5.74) is 4.29. The number of carbonyl (C=O) groups is 7. The van der Waals surface area contributed by atoms with Crippen molar-refractivity contribution in [2.24, 2.45) is 17.6 Å². The summed E-state index contributed by atoms with van der Waals surface area (Å²) in [4.78, 5) is 96.3. The van der Waals surface area contributed by atoms with Crippen LogP contribution in [0.25, 0.3) is 0 Å². The number of carbonyl (C=O) groups excluding carboxylic acids is 6. The fourth-order valence-electron chi connectivity index (χ4n) is 5.68. The Hall–Kier alpha value is -4.56. The third kappa shape index (κ3) is 7.68. The highest BCUT2D eigenvalue weighted by Gasteiger charge is 2.56. The van der Waals surface area contributed by atoms with E-state index in [-0.39, 0.29) is 24.6 Å². The molecule has 1 aromatic heterocycles. The smallest absolute Gasteiger partial charge is 0.305 e. The first-order valence-corrected chi connectivity index (χ1v) is 14.6. The predicted octanol–water partition coefficient (Wildman–Crippen LogP) is -0.985. The Morgan fingerprint density at radius 3 is 2.20 bits per heavy atom. The number of primary amides is 1. The number of nitrogens with one attached hydrogen (secondary N) is 3. The van der Waals surface area contributed by atoms with Crippen LogP contribution in [0.15, 0.2) is 24.5 Å². The molecular formula is C29H41N7O8. The molecule has 3 heterocycles. The van der Waals surface area contributed by atoms with Crippen molar-refractivity contribution in [2.75, 3.05) is 19.6 Å². The molecule has 6 amide bonds. The van der Waals surface area contributed by atoms with Gasteiger partial charge in [0, 0.05) is 25.5 Å². The van der Waals surface area contributed by atoms with Gasteiger partial charge in [0.15, 0.2) is 0 Å². The maximum Gasteiger partial charge on any atom is 0.305 e. The maximum atomic E-state index is 13.9. The van der Waals surface area contributed by atoms with Crippen molar-refractivity contribution < 1.29 is 38.7 Å². The number of rotatable bonds is 13. The average Bonchev–Trinajstić information content (AvgIpc) is 3.52. The first kappa shape index (κ1) is 33.9. The molecule has 4 atom stereocenters. The summed E-state index contributed by atoms with van der Waals surface area (Å²) in [5, 5.41) is 17.0. The van der Waals surface area contributed by atoms with E-state index in [1.165, 1.54) is 34.3 Å². The van der Waals surface area contributed by atoms with Gasteiger partial charge in [0.2, 0.25) is 29.5 Å². The summed E-state index contributed by atoms with van der Waals surface area (Å²) in [7, 11) is 0. The predicted molar refractivity (Wildman–Crippen MR) is 155 cm³/mol. The molecule has 0 unspecified atom stereocenters. The van der Waals surface area contributed by atoms with Crippen molar-refractivity contribution in [1.29, 1.82) is 0 Å². The molecule has 2 fully saturated rings. The van der Waals surface area contributed by atoms with Crippen molar-refractivity contribution in [1.82, 2.24) is 30.7 Å². The minimum absolute atomic E-state index is 0.116. The minimum atomic E-state index is -1.50. The molecule has 2 saturated heterocycles. The highest BCUT2D eigenvalue weighted by Crippen LogP contribution is 2.39. The Kier molecular flexibility index (Phi) is 11.0. The maximum absolute atomic E-state index is 13.9. The molecule has 0 saturated carbocycles. The van der Waals surface area contributed by atoms with Crippen molar-refractivity contribution >= 4 is 41.4 Å². The van der Waals surface area contributed by atoms with E-state index in [2.05, 4.69) is 20.9 Å². The Bertz CT molecular complexity index is 1290. The Balaban J connectivity index is 1.76. The van der Waals surface area contributed by atoms with Crippen molar-refractivity contribution in [3.8, 4) is 0 Å². The first-order valence-electron chi connectivity index (χ1n) is 14.6. The van der Waals surface area contributed by atoms with Crippen LogP contribution in [0.5, 0.6) is 0 Å². The number of carboxylic acid groups (broad SMARTS) is 1. The Morgan fingerprint density at radius 2 is 1.64 bits per heavy atom. The second kappa shape index (κ2) is 14.3. The number of amides is 6. The number of nitrogens with two attached hydrogens (primary N) is 1. The lowest BCUT2D eigenvalue weighted by Gasteiger charge is -2.37. The van der Waals surface area contributed by atoms with Gasteiger partial charge in [-0.3, -0.25) is 38.5 Å². The quantitative estimate of drug-likeness (QED) is 0.184. The molecule has 240 valence electrons. The van der Waals surface area contributed by atoms with E-state index < -0.39 is 77.4 Å². The molecule has 0 aromatic carbocycles. The van der Waals surface area contributed by atoms with Gasteiger partial charge in [0.25, 0.3) is 5.91 Å². The number of carboxylic acids is 1. The number of hydrogen-bond donors (Lipinski definition) is 5. The third-order valence-electron chi connectivity index (χ3n) is 7.98. The minimum Gasteiger partial charge on any atom is -0.481 e. The van der Waals surface area contributed by atoms with Crippen LogP contribution in [0, 0.1) is 11.8 Å². The molecule has 1 aromatic rings. The molecule has 0 aliphatic carbocycles. The van der Waals surface area contributed by atoms with Crippen LogP contribution in [0.2, 0.25) is 0 Å². The number of hydrogen-bond acceptors (Lipinski definition) is 8. The normalized spacial score (nSPS) is 20.0. The lowest BCUT2D eigenvalue weighted by Crippen LogP contribution is -2.62. The van der Waals surface area contributed by atoms with Crippen LogP contribution in [-0.4, -0.2) is 105 Å². The fraction of sp³-hybridized carbons (Fsp3) is 0.586. The molecule has 0 bridgehead atoms. The zero-order valence-electron chi connectivity index (χ0n) is 25.4. The highest BCUT2D eigenvalue weighted by molar-refractivity contribution is 6.00. The van der Waals surface area contributed by atoms with E-state index in [1.807, 2.05) is 0 Å². The largest absolute Gasteiger partial charge is 0.481 e. The van der Waals surface area contributed by atoms with Crippen LogP contribution < -0.4 is 21.7 Å². The monoisotopic (exact) mass is 615 g/mol. The number of aliphatic carboxylic acids is 1. The summed E-state index contributed by atoms with van der Waals surface area (Å²) in [6.45, 7) is 7.14. The molecule has 2 aliphatic rings. The van der Waals surface area contributed by atoms with Gasteiger partial charge in [0.1, 0.15) is 23.7 Å². The fourth-order valence-corrected chi connectivity index (χ4v) is 5.68. The van der Waals surface area contributed by atoms with Gasteiger partial charge in [-0.15, -0.1) is 0 Å².